The second-order valence-electron chi connectivity index (χ2n) is 13.5. The highest BCUT2D eigenvalue weighted by Crippen LogP contribution is 2.42. The summed E-state index contributed by atoms with van der Waals surface area (Å²) in [5.41, 5.74) is 12.4. The summed E-state index contributed by atoms with van der Waals surface area (Å²) in [4.78, 5) is 7.28. The molecular weight excluding hydrogens is 570 g/mol. The van der Waals surface area contributed by atoms with E-state index < -0.39 is 0 Å². The van der Waals surface area contributed by atoms with E-state index in [-0.39, 0.29) is 11.0 Å². The number of nitrogens with two attached hydrogens (primary N) is 1. The monoisotopic (exact) mass is 627 g/mol. The van der Waals surface area contributed by atoms with E-state index >= 15 is 0 Å². The Balaban J connectivity index is 0.000000681. The van der Waals surface area contributed by atoms with Crippen LogP contribution in [0.25, 0.3) is 10.9 Å². The van der Waals surface area contributed by atoms with Crippen molar-refractivity contribution < 1.29 is 4.74 Å². The van der Waals surface area contributed by atoms with E-state index in [2.05, 4.69) is 101 Å². The molecule has 1 unspecified atom stereocenters. The van der Waals surface area contributed by atoms with Crippen molar-refractivity contribution in [1.29, 1.82) is 0 Å². The first-order valence-electron chi connectivity index (χ1n) is 16.3. The number of ether oxygens (including phenoxy) is 1. The summed E-state index contributed by atoms with van der Waals surface area (Å²) in [6.45, 7) is 22.0. The van der Waals surface area contributed by atoms with Crippen LogP contribution in [0, 0.1) is 24.2 Å². The summed E-state index contributed by atoms with van der Waals surface area (Å²) in [6, 6.07) is 6.35. The van der Waals surface area contributed by atoms with Gasteiger partial charge in [-0.25, -0.2) is 4.98 Å². The molecule has 0 spiro atoms. The van der Waals surface area contributed by atoms with Crippen molar-refractivity contribution >= 4 is 38.3 Å². The highest BCUT2D eigenvalue weighted by Gasteiger charge is 2.38. The number of aromatic nitrogens is 1. The summed E-state index contributed by atoms with van der Waals surface area (Å²) in [5.74, 6) is 2.39. The van der Waals surface area contributed by atoms with Crippen LogP contribution in [-0.2, 0) is 4.74 Å². The van der Waals surface area contributed by atoms with E-state index in [9.17, 15) is 0 Å². The maximum atomic E-state index is 6.70. The summed E-state index contributed by atoms with van der Waals surface area (Å²) >= 11 is 3.62. The number of hydrogen-bond acceptors (Lipinski definition) is 4. The van der Waals surface area contributed by atoms with Gasteiger partial charge < -0.3 is 15.4 Å². The van der Waals surface area contributed by atoms with Crippen molar-refractivity contribution in [2.75, 3.05) is 23.8 Å². The molecule has 1 aromatic heterocycles. The second kappa shape index (κ2) is 14.7. The minimum atomic E-state index is -0.0712. The lowest BCUT2D eigenvalue weighted by Crippen LogP contribution is -2.44. The van der Waals surface area contributed by atoms with Crippen molar-refractivity contribution in [1.82, 2.24) is 4.98 Å². The zero-order valence-electron chi connectivity index (χ0n) is 27.6. The van der Waals surface area contributed by atoms with E-state index in [0.29, 0.717) is 11.7 Å². The van der Waals surface area contributed by atoms with Gasteiger partial charge in [-0.3, -0.25) is 0 Å². The van der Waals surface area contributed by atoms with Crippen LogP contribution in [0.4, 0.5) is 11.5 Å². The molecule has 2 aromatic rings. The lowest BCUT2D eigenvalue weighted by molar-refractivity contribution is -0.109. The van der Waals surface area contributed by atoms with Gasteiger partial charge in [0.1, 0.15) is 5.82 Å². The molecule has 5 heteroatoms. The summed E-state index contributed by atoms with van der Waals surface area (Å²) in [6.07, 6.45) is 12.9. The van der Waals surface area contributed by atoms with Crippen molar-refractivity contribution in [2.24, 2.45) is 17.3 Å². The smallest absolute Gasteiger partial charge is 0.129 e. The van der Waals surface area contributed by atoms with Crippen LogP contribution < -0.4 is 10.6 Å². The molecule has 0 saturated heterocycles. The molecule has 0 aliphatic heterocycles. The largest absolute Gasteiger partial charge is 0.383 e. The maximum absolute atomic E-state index is 6.70. The van der Waals surface area contributed by atoms with E-state index in [1.807, 2.05) is 0 Å². The van der Waals surface area contributed by atoms with Crippen LogP contribution in [0.2, 0.25) is 0 Å². The highest BCUT2D eigenvalue weighted by molar-refractivity contribution is 9.10. The van der Waals surface area contributed by atoms with Gasteiger partial charge in [0.2, 0.25) is 0 Å². The molecule has 41 heavy (non-hydrogen) atoms. The van der Waals surface area contributed by atoms with Gasteiger partial charge in [-0.1, -0.05) is 88.2 Å². The number of pyridine rings is 1. The molecule has 230 valence electrons. The third-order valence-corrected chi connectivity index (χ3v) is 10.7. The first-order valence-corrected chi connectivity index (χ1v) is 17.1. The van der Waals surface area contributed by atoms with Gasteiger partial charge >= 0.3 is 0 Å². The number of allylic oxidation sites excluding steroid dienone is 2. The van der Waals surface area contributed by atoms with E-state index in [4.69, 9.17) is 15.5 Å². The number of halogens is 1. The SMILES string of the molecule is CC/C(C)=C(\CC)N(CC(C)(CC)COC(C)(C)C1CCC1)c1c(C)c(N)nc2cc(Br)ccc12.CCC1CCC1. The normalized spacial score (nSPS) is 18.1. The number of benzene rings is 1. The Hall–Kier alpha value is -1.59. The molecule has 2 N–H and O–H groups in total. The third-order valence-electron chi connectivity index (χ3n) is 10.2. The number of nitrogens with zero attached hydrogens (tertiary/aromatic N) is 2. The number of nitrogen functional groups attached to an aromatic ring is 1. The van der Waals surface area contributed by atoms with Crippen molar-refractivity contribution in [3.63, 3.8) is 0 Å². The van der Waals surface area contributed by atoms with Gasteiger partial charge in [0.25, 0.3) is 0 Å². The predicted octanol–water partition coefficient (Wildman–Crippen LogP) is 11.0. The van der Waals surface area contributed by atoms with Gasteiger partial charge in [0.05, 0.1) is 23.4 Å². The van der Waals surface area contributed by atoms with Crippen molar-refractivity contribution in [3.8, 4) is 0 Å². The molecule has 0 amide bonds. The Labute approximate surface area is 260 Å². The summed E-state index contributed by atoms with van der Waals surface area (Å²) in [7, 11) is 0. The molecule has 2 fully saturated rings. The average Bonchev–Trinajstić information content (AvgIpc) is 2.87. The summed E-state index contributed by atoms with van der Waals surface area (Å²) in [5, 5.41) is 1.14. The molecule has 2 aliphatic rings. The minimum Gasteiger partial charge on any atom is -0.383 e. The molecule has 0 bridgehead atoms. The Morgan fingerprint density at radius 3 is 2.17 bits per heavy atom. The summed E-state index contributed by atoms with van der Waals surface area (Å²) < 4.78 is 7.71. The van der Waals surface area contributed by atoms with Gasteiger partial charge in [-0.2, -0.15) is 0 Å². The average molecular weight is 629 g/mol. The minimum absolute atomic E-state index is 0.0123. The van der Waals surface area contributed by atoms with Crippen LogP contribution in [0.15, 0.2) is 33.9 Å². The third kappa shape index (κ3) is 8.28. The fourth-order valence-corrected chi connectivity index (χ4v) is 6.39. The van der Waals surface area contributed by atoms with Gasteiger partial charge in [-0.15, -0.1) is 0 Å². The van der Waals surface area contributed by atoms with Crippen LogP contribution in [0.5, 0.6) is 0 Å². The predicted molar refractivity (Wildman–Crippen MR) is 183 cm³/mol. The topological polar surface area (TPSA) is 51.4 Å². The first-order chi connectivity index (χ1) is 19.4. The fourth-order valence-electron chi connectivity index (χ4n) is 6.04. The Bertz CT molecular complexity index is 1180. The molecule has 1 atom stereocenters. The lowest BCUT2D eigenvalue weighted by Gasteiger charge is -2.44. The van der Waals surface area contributed by atoms with Crippen LogP contribution in [0.1, 0.15) is 125 Å². The second-order valence-corrected chi connectivity index (χ2v) is 14.5. The molecule has 4 rings (SSSR count). The number of hydrogen-bond donors (Lipinski definition) is 1. The number of rotatable bonds is 12. The van der Waals surface area contributed by atoms with E-state index in [1.165, 1.54) is 61.9 Å². The molecule has 2 aliphatic carbocycles. The van der Waals surface area contributed by atoms with Gasteiger partial charge in [0, 0.05) is 33.1 Å². The van der Waals surface area contributed by atoms with Crippen molar-refractivity contribution in [2.45, 2.75) is 132 Å². The number of fused-ring (bicyclic) bond motifs is 1. The Kier molecular flexibility index (Phi) is 12.2. The molecule has 4 nitrogen and oxygen atoms in total. The van der Waals surface area contributed by atoms with E-state index in [1.54, 1.807) is 0 Å². The van der Waals surface area contributed by atoms with E-state index in [0.717, 1.165) is 59.3 Å². The number of anilines is 2. The molecule has 2 saturated carbocycles. The maximum Gasteiger partial charge on any atom is 0.129 e. The van der Waals surface area contributed by atoms with Crippen LogP contribution >= 0.6 is 15.9 Å². The quantitative estimate of drug-likeness (QED) is 0.254. The van der Waals surface area contributed by atoms with Crippen molar-refractivity contribution in [3.05, 3.63) is 39.5 Å². The zero-order valence-corrected chi connectivity index (χ0v) is 29.2. The Morgan fingerprint density at radius 2 is 1.71 bits per heavy atom. The molecular formula is C36H58BrN3O. The standard InChI is InChI=1S/C30H46BrN3O.C6H12/c1-9-20(4)26(10-2)34(18-30(8,11-3)19-35-29(6,7)22-13-12-14-22)27-21(5)28(32)33-25-17-23(31)15-16-24(25)27;1-2-6-4-3-5-6/h15-17,22H,9-14,18-19H2,1-8H3,(H2,32,33);6H,2-5H2,1H3/b26-20+;. The molecule has 1 heterocycles. The molecule has 0 radical (unpaired) electrons. The van der Waals surface area contributed by atoms with Crippen LogP contribution in [-0.4, -0.2) is 23.7 Å². The van der Waals surface area contributed by atoms with Crippen LogP contribution in [0.3, 0.4) is 0 Å². The fraction of sp³-hybridized carbons (Fsp3) is 0.694. The highest BCUT2D eigenvalue weighted by atomic mass is 79.9. The zero-order chi connectivity index (χ0) is 30.4. The van der Waals surface area contributed by atoms with Gasteiger partial charge in [0.15, 0.2) is 0 Å². The molecule has 1 aromatic carbocycles. The lowest BCUT2D eigenvalue weighted by atomic mass is 9.74. The van der Waals surface area contributed by atoms with Gasteiger partial charge in [-0.05, 0) is 89.8 Å². The Morgan fingerprint density at radius 1 is 1.05 bits per heavy atom. The first kappa shape index (κ1) is 33.9.